The highest BCUT2D eigenvalue weighted by Crippen LogP contribution is 2.29. The summed E-state index contributed by atoms with van der Waals surface area (Å²) in [5, 5.41) is 0.996. The predicted molar refractivity (Wildman–Crippen MR) is 88.7 cm³/mol. The molecule has 2 aromatic heterocycles. The van der Waals surface area contributed by atoms with Crippen molar-refractivity contribution in [1.82, 2.24) is 14.5 Å². The Bertz CT molecular complexity index is 819. The van der Waals surface area contributed by atoms with Crippen LogP contribution in [0.25, 0.3) is 16.6 Å². The van der Waals surface area contributed by atoms with Crippen molar-refractivity contribution in [3.8, 4) is 5.69 Å². The Kier molecular flexibility index (Phi) is 3.77. The lowest BCUT2D eigenvalue weighted by molar-refractivity contribution is 0.0959. The van der Waals surface area contributed by atoms with Crippen molar-refractivity contribution in [1.29, 1.82) is 0 Å². The summed E-state index contributed by atoms with van der Waals surface area (Å²) in [5.74, 6) is 0.140. The summed E-state index contributed by atoms with van der Waals surface area (Å²) in [4.78, 5) is 18.8. The van der Waals surface area contributed by atoms with Gasteiger partial charge in [0.15, 0.2) is 5.78 Å². The number of aromatic nitrogens is 2. The lowest BCUT2D eigenvalue weighted by Gasteiger charge is -2.10. The second kappa shape index (κ2) is 5.73. The van der Waals surface area contributed by atoms with E-state index in [0.29, 0.717) is 6.54 Å². The van der Waals surface area contributed by atoms with E-state index in [2.05, 4.69) is 9.55 Å². The summed E-state index contributed by atoms with van der Waals surface area (Å²) < 4.78 is 2.10. The van der Waals surface area contributed by atoms with Crippen molar-refractivity contribution in [3.05, 3.63) is 60.0 Å². The van der Waals surface area contributed by atoms with E-state index < -0.39 is 0 Å². The SMILES string of the molecule is Cc1c(C(=O)CN(C)C)c2ccccc2n1-c1cccnc1. The number of ketones is 1. The second-order valence-corrected chi connectivity index (χ2v) is 5.69. The molecule has 0 amide bonds. The Hall–Kier alpha value is -2.46. The van der Waals surface area contributed by atoms with Gasteiger partial charge >= 0.3 is 0 Å². The molecule has 0 fully saturated rings. The van der Waals surface area contributed by atoms with E-state index in [1.165, 1.54) is 0 Å². The average Bonchev–Trinajstić information content (AvgIpc) is 2.79. The molecule has 3 aromatic rings. The molecule has 0 unspecified atom stereocenters. The number of Topliss-reactive ketones (excluding diaryl/α,β-unsaturated/α-hetero) is 1. The Morgan fingerprint density at radius 3 is 2.64 bits per heavy atom. The molecule has 0 aliphatic heterocycles. The Balaban J connectivity index is 2.27. The van der Waals surface area contributed by atoms with Crippen LogP contribution in [0.3, 0.4) is 0 Å². The average molecular weight is 293 g/mol. The van der Waals surface area contributed by atoms with Gasteiger partial charge in [0.05, 0.1) is 23.9 Å². The zero-order valence-corrected chi connectivity index (χ0v) is 13.1. The van der Waals surface area contributed by atoms with E-state index in [0.717, 1.165) is 27.8 Å². The lowest BCUT2D eigenvalue weighted by Crippen LogP contribution is -2.22. The topological polar surface area (TPSA) is 38.1 Å². The summed E-state index contributed by atoms with van der Waals surface area (Å²) in [5.41, 5.74) is 3.77. The quantitative estimate of drug-likeness (QED) is 0.694. The maximum Gasteiger partial charge on any atom is 0.179 e. The number of likely N-dealkylation sites (N-methyl/N-ethyl adjacent to an activating group) is 1. The summed E-state index contributed by atoms with van der Waals surface area (Å²) >= 11 is 0. The third kappa shape index (κ3) is 2.42. The van der Waals surface area contributed by atoms with Crippen molar-refractivity contribution in [2.45, 2.75) is 6.92 Å². The first-order chi connectivity index (χ1) is 10.6. The van der Waals surface area contributed by atoms with Crippen molar-refractivity contribution >= 4 is 16.7 Å². The van der Waals surface area contributed by atoms with Crippen LogP contribution in [-0.2, 0) is 0 Å². The van der Waals surface area contributed by atoms with Gasteiger partial charge in [0.25, 0.3) is 0 Å². The van der Waals surface area contributed by atoms with Crippen LogP contribution in [0.1, 0.15) is 16.1 Å². The number of carbonyl (C=O) groups excluding carboxylic acids is 1. The van der Waals surface area contributed by atoms with Crippen LogP contribution < -0.4 is 0 Å². The molecule has 2 heterocycles. The van der Waals surface area contributed by atoms with Gasteiger partial charge in [0, 0.05) is 22.8 Å². The molecular weight excluding hydrogens is 274 g/mol. The molecule has 1 aromatic carbocycles. The highest BCUT2D eigenvalue weighted by Gasteiger charge is 2.20. The van der Waals surface area contributed by atoms with Crippen LogP contribution in [0.4, 0.5) is 0 Å². The van der Waals surface area contributed by atoms with Gasteiger partial charge < -0.3 is 9.47 Å². The van der Waals surface area contributed by atoms with E-state index in [1.54, 1.807) is 6.20 Å². The fourth-order valence-corrected chi connectivity index (χ4v) is 2.90. The van der Waals surface area contributed by atoms with Gasteiger partial charge in [-0.25, -0.2) is 0 Å². The summed E-state index contributed by atoms with van der Waals surface area (Å²) in [6.07, 6.45) is 3.57. The molecule has 0 atom stereocenters. The number of para-hydroxylation sites is 1. The van der Waals surface area contributed by atoms with E-state index in [4.69, 9.17) is 0 Å². The highest BCUT2D eigenvalue weighted by molar-refractivity contribution is 6.10. The van der Waals surface area contributed by atoms with Gasteiger partial charge in [0.2, 0.25) is 0 Å². The smallest absolute Gasteiger partial charge is 0.179 e. The first-order valence-electron chi connectivity index (χ1n) is 7.28. The van der Waals surface area contributed by atoms with Crippen molar-refractivity contribution in [3.63, 3.8) is 0 Å². The van der Waals surface area contributed by atoms with Gasteiger partial charge in [-0.15, -0.1) is 0 Å². The molecule has 4 heteroatoms. The lowest BCUT2D eigenvalue weighted by atomic mass is 10.1. The van der Waals surface area contributed by atoms with Gasteiger partial charge in [-0.05, 0) is 39.2 Å². The van der Waals surface area contributed by atoms with Crippen LogP contribution in [0.5, 0.6) is 0 Å². The van der Waals surface area contributed by atoms with Crippen molar-refractivity contribution < 1.29 is 4.79 Å². The molecule has 0 spiro atoms. The maximum atomic E-state index is 12.7. The minimum Gasteiger partial charge on any atom is -0.312 e. The van der Waals surface area contributed by atoms with Crippen molar-refractivity contribution in [2.24, 2.45) is 0 Å². The van der Waals surface area contributed by atoms with Crippen LogP contribution >= 0.6 is 0 Å². The third-order valence-electron chi connectivity index (χ3n) is 3.75. The van der Waals surface area contributed by atoms with Crippen LogP contribution in [0.2, 0.25) is 0 Å². The Morgan fingerprint density at radius 1 is 1.18 bits per heavy atom. The van der Waals surface area contributed by atoms with Gasteiger partial charge in [-0.3, -0.25) is 9.78 Å². The summed E-state index contributed by atoms with van der Waals surface area (Å²) in [6.45, 7) is 2.40. The number of rotatable bonds is 4. The standard InChI is InChI=1S/C18H19N3O/c1-13-18(17(22)12-20(2)3)15-8-4-5-9-16(15)21(13)14-7-6-10-19-11-14/h4-11H,12H2,1-3H3. The number of hydrogen-bond donors (Lipinski definition) is 0. The molecule has 0 saturated heterocycles. The number of hydrogen-bond acceptors (Lipinski definition) is 3. The monoisotopic (exact) mass is 293 g/mol. The predicted octanol–water partition coefficient (Wildman–Crippen LogP) is 3.08. The fourth-order valence-electron chi connectivity index (χ4n) is 2.90. The van der Waals surface area contributed by atoms with E-state index in [9.17, 15) is 4.79 Å². The fraction of sp³-hybridized carbons (Fsp3) is 0.222. The largest absolute Gasteiger partial charge is 0.312 e. The van der Waals surface area contributed by atoms with Crippen LogP contribution in [0, 0.1) is 6.92 Å². The first kappa shape index (κ1) is 14.5. The Morgan fingerprint density at radius 2 is 1.95 bits per heavy atom. The molecule has 0 aliphatic rings. The molecule has 0 aliphatic carbocycles. The molecule has 0 radical (unpaired) electrons. The zero-order valence-electron chi connectivity index (χ0n) is 13.1. The minimum atomic E-state index is 0.140. The molecule has 22 heavy (non-hydrogen) atoms. The summed E-state index contributed by atoms with van der Waals surface area (Å²) in [6, 6.07) is 11.9. The number of benzene rings is 1. The highest BCUT2D eigenvalue weighted by atomic mass is 16.1. The van der Waals surface area contributed by atoms with Gasteiger partial charge in [-0.2, -0.15) is 0 Å². The van der Waals surface area contributed by atoms with E-state index in [1.807, 2.05) is 68.5 Å². The molecule has 3 rings (SSSR count). The van der Waals surface area contributed by atoms with Crippen LogP contribution in [0.15, 0.2) is 48.8 Å². The number of nitrogens with zero attached hydrogens (tertiary/aromatic N) is 3. The van der Waals surface area contributed by atoms with E-state index >= 15 is 0 Å². The molecule has 0 N–H and O–H groups in total. The van der Waals surface area contributed by atoms with Crippen LogP contribution in [-0.4, -0.2) is 40.9 Å². The molecule has 112 valence electrons. The number of carbonyl (C=O) groups is 1. The second-order valence-electron chi connectivity index (χ2n) is 5.69. The normalized spacial score (nSPS) is 11.3. The zero-order chi connectivity index (χ0) is 15.7. The van der Waals surface area contributed by atoms with Crippen molar-refractivity contribution in [2.75, 3.05) is 20.6 Å². The Labute approximate surface area is 130 Å². The minimum absolute atomic E-state index is 0.140. The van der Waals surface area contributed by atoms with E-state index in [-0.39, 0.29) is 5.78 Å². The molecule has 0 bridgehead atoms. The number of pyridine rings is 1. The third-order valence-corrected chi connectivity index (χ3v) is 3.75. The maximum absolute atomic E-state index is 12.7. The molecular formula is C18H19N3O. The molecule has 4 nitrogen and oxygen atoms in total. The van der Waals surface area contributed by atoms with Gasteiger partial charge in [-0.1, -0.05) is 18.2 Å². The molecule has 0 saturated carbocycles. The van der Waals surface area contributed by atoms with Gasteiger partial charge in [0.1, 0.15) is 0 Å². The first-order valence-corrected chi connectivity index (χ1v) is 7.28. The summed E-state index contributed by atoms with van der Waals surface area (Å²) in [7, 11) is 3.82. The number of fused-ring (bicyclic) bond motifs is 1.